The van der Waals surface area contributed by atoms with Crippen LogP contribution in [0.2, 0.25) is 0 Å². The van der Waals surface area contributed by atoms with E-state index in [1.807, 2.05) is 25.3 Å². The van der Waals surface area contributed by atoms with Gasteiger partial charge >= 0.3 is 5.97 Å². The number of carbonyl (C=O) groups is 2. The summed E-state index contributed by atoms with van der Waals surface area (Å²) in [6, 6.07) is 7.64. The molecule has 0 aliphatic rings. The number of rotatable bonds is 6. The minimum atomic E-state index is -1.03. The Labute approximate surface area is 144 Å². The van der Waals surface area contributed by atoms with Gasteiger partial charge < -0.3 is 19.8 Å². The lowest BCUT2D eigenvalue weighted by Gasteiger charge is -2.03. The third kappa shape index (κ3) is 3.74. The molecular weight excluding hydrogens is 320 g/mol. The molecule has 0 aliphatic heterocycles. The zero-order chi connectivity index (χ0) is 18.0. The monoisotopic (exact) mass is 340 g/mol. The molecule has 0 radical (unpaired) electrons. The van der Waals surface area contributed by atoms with Gasteiger partial charge in [-0.25, -0.2) is 4.79 Å². The Morgan fingerprint density at radius 1 is 1.24 bits per heavy atom. The summed E-state index contributed by atoms with van der Waals surface area (Å²) in [7, 11) is 0. The molecule has 2 aromatic heterocycles. The molecular formula is C19H20N2O4. The van der Waals surface area contributed by atoms with Crippen molar-refractivity contribution in [2.75, 3.05) is 0 Å². The maximum Gasteiger partial charge on any atom is 0.339 e. The Morgan fingerprint density at radius 2 is 2.04 bits per heavy atom. The van der Waals surface area contributed by atoms with E-state index < -0.39 is 5.97 Å². The molecule has 6 heteroatoms. The van der Waals surface area contributed by atoms with Crippen molar-refractivity contribution in [3.8, 4) is 0 Å². The van der Waals surface area contributed by atoms with Crippen molar-refractivity contribution in [2.24, 2.45) is 0 Å². The Kier molecular flexibility index (Phi) is 4.61. The summed E-state index contributed by atoms with van der Waals surface area (Å²) in [6.45, 7) is 3.81. The quantitative estimate of drug-likeness (QED) is 0.641. The molecule has 1 amide bonds. The number of benzene rings is 1. The first-order valence-corrected chi connectivity index (χ1v) is 8.10. The number of aromatic nitrogens is 1. The molecule has 2 heterocycles. The number of nitrogens with one attached hydrogen (secondary N) is 2. The van der Waals surface area contributed by atoms with Gasteiger partial charge in [-0.1, -0.05) is 11.6 Å². The Bertz CT molecular complexity index is 936. The van der Waals surface area contributed by atoms with Crippen LogP contribution in [0.4, 0.5) is 0 Å². The number of carboxylic acids is 1. The molecule has 25 heavy (non-hydrogen) atoms. The van der Waals surface area contributed by atoms with E-state index in [1.165, 1.54) is 11.6 Å². The van der Waals surface area contributed by atoms with Gasteiger partial charge in [0.1, 0.15) is 17.1 Å². The lowest BCUT2D eigenvalue weighted by Crippen LogP contribution is -2.22. The topological polar surface area (TPSA) is 95.3 Å². The summed E-state index contributed by atoms with van der Waals surface area (Å²) in [4.78, 5) is 26.3. The number of hydrogen-bond acceptors (Lipinski definition) is 3. The Balaban J connectivity index is 1.57. The van der Waals surface area contributed by atoms with Crippen LogP contribution < -0.4 is 5.32 Å². The Hall–Kier alpha value is -3.02. The summed E-state index contributed by atoms with van der Waals surface area (Å²) in [6.07, 6.45) is 2.92. The second-order valence-electron chi connectivity index (χ2n) is 6.13. The minimum Gasteiger partial charge on any atom is -0.478 e. The predicted octanol–water partition coefficient (Wildman–Crippen LogP) is 3.32. The van der Waals surface area contributed by atoms with Crippen LogP contribution in [0.1, 0.15) is 39.4 Å². The maximum atomic E-state index is 12.1. The molecule has 0 fully saturated rings. The van der Waals surface area contributed by atoms with E-state index >= 15 is 0 Å². The van der Waals surface area contributed by atoms with Gasteiger partial charge in [0, 0.05) is 23.5 Å². The van der Waals surface area contributed by atoms with Crippen LogP contribution in [0.25, 0.3) is 10.9 Å². The molecule has 0 spiro atoms. The lowest BCUT2D eigenvalue weighted by atomic mass is 10.1. The fourth-order valence-corrected chi connectivity index (χ4v) is 2.86. The van der Waals surface area contributed by atoms with E-state index in [2.05, 4.69) is 16.4 Å². The van der Waals surface area contributed by atoms with Crippen molar-refractivity contribution in [1.82, 2.24) is 10.3 Å². The third-order valence-electron chi connectivity index (χ3n) is 4.20. The third-order valence-corrected chi connectivity index (χ3v) is 4.20. The second-order valence-corrected chi connectivity index (χ2v) is 6.13. The zero-order valence-electron chi connectivity index (χ0n) is 14.2. The van der Waals surface area contributed by atoms with E-state index in [9.17, 15) is 9.59 Å². The Morgan fingerprint density at radius 3 is 2.76 bits per heavy atom. The highest BCUT2D eigenvalue weighted by Crippen LogP contribution is 2.21. The van der Waals surface area contributed by atoms with Crippen molar-refractivity contribution >= 4 is 22.8 Å². The molecule has 3 rings (SSSR count). The van der Waals surface area contributed by atoms with Crippen LogP contribution in [-0.2, 0) is 17.8 Å². The van der Waals surface area contributed by atoms with Crippen molar-refractivity contribution in [2.45, 2.75) is 33.2 Å². The van der Waals surface area contributed by atoms with Gasteiger partial charge in [0.05, 0.1) is 6.54 Å². The van der Waals surface area contributed by atoms with Crippen molar-refractivity contribution in [3.05, 3.63) is 58.7 Å². The number of fused-ring (bicyclic) bond motifs is 1. The van der Waals surface area contributed by atoms with Crippen LogP contribution in [-0.4, -0.2) is 22.0 Å². The van der Waals surface area contributed by atoms with Crippen LogP contribution in [0, 0.1) is 13.8 Å². The van der Waals surface area contributed by atoms with Gasteiger partial charge in [-0.3, -0.25) is 4.79 Å². The molecule has 0 bridgehead atoms. The summed E-state index contributed by atoms with van der Waals surface area (Å²) in [5.41, 5.74) is 3.47. The molecule has 130 valence electrons. The van der Waals surface area contributed by atoms with Gasteiger partial charge in [-0.05, 0) is 44.0 Å². The van der Waals surface area contributed by atoms with Gasteiger partial charge in [-0.2, -0.15) is 0 Å². The van der Waals surface area contributed by atoms with E-state index in [1.54, 1.807) is 6.92 Å². The number of aromatic amines is 1. The van der Waals surface area contributed by atoms with Crippen molar-refractivity contribution in [1.29, 1.82) is 0 Å². The average molecular weight is 340 g/mol. The molecule has 0 unspecified atom stereocenters. The molecule has 0 saturated carbocycles. The van der Waals surface area contributed by atoms with Gasteiger partial charge in [0.2, 0.25) is 5.91 Å². The summed E-state index contributed by atoms with van der Waals surface area (Å²) < 4.78 is 5.35. The van der Waals surface area contributed by atoms with E-state index in [4.69, 9.17) is 9.52 Å². The van der Waals surface area contributed by atoms with Crippen LogP contribution >= 0.6 is 0 Å². The number of hydrogen-bond donors (Lipinski definition) is 3. The number of aromatic carboxylic acids is 1. The fourth-order valence-electron chi connectivity index (χ4n) is 2.86. The summed E-state index contributed by atoms with van der Waals surface area (Å²) in [5, 5.41) is 12.9. The molecule has 6 nitrogen and oxygen atoms in total. The lowest BCUT2D eigenvalue weighted by molar-refractivity contribution is -0.121. The smallest absolute Gasteiger partial charge is 0.339 e. The average Bonchev–Trinajstić information content (AvgIpc) is 3.14. The van der Waals surface area contributed by atoms with Crippen LogP contribution in [0.15, 0.2) is 34.9 Å². The van der Waals surface area contributed by atoms with Crippen molar-refractivity contribution < 1.29 is 19.1 Å². The van der Waals surface area contributed by atoms with Crippen LogP contribution in [0.3, 0.4) is 0 Å². The van der Waals surface area contributed by atoms with Crippen LogP contribution in [0.5, 0.6) is 0 Å². The molecule has 0 atom stereocenters. The minimum absolute atomic E-state index is 0.104. The first-order valence-electron chi connectivity index (χ1n) is 8.10. The number of furan rings is 1. The number of aryl methyl sites for hydroxylation is 3. The molecule has 3 aromatic rings. The highest BCUT2D eigenvalue weighted by atomic mass is 16.4. The van der Waals surface area contributed by atoms with Crippen molar-refractivity contribution in [3.63, 3.8) is 0 Å². The summed E-state index contributed by atoms with van der Waals surface area (Å²) in [5.74, 6) is -0.363. The predicted molar refractivity (Wildman–Crippen MR) is 93.6 cm³/mol. The second kappa shape index (κ2) is 6.84. The largest absolute Gasteiger partial charge is 0.478 e. The fraction of sp³-hybridized carbons (Fsp3) is 0.263. The maximum absolute atomic E-state index is 12.1. The van der Waals surface area contributed by atoms with Gasteiger partial charge in [-0.15, -0.1) is 0 Å². The first-order chi connectivity index (χ1) is 11.9. The SMILES string of the molecule is Cc1ccc2[nH]cc(CCC(=O)NCc3cc(C(=O)O)c(C)o3)c2c1. The number of carbonyl (C=O) groups excluding carboxylic acids is 1. The molecule has 1 aromatic carbocycles. The number of amides is 1. The van der Waals surface area contributed by atoms with Gasteiger partial charge in [0.25, 0.3) is 0 Å². The van der Waals surface area contributed by atoms with E-state index in [0.717, 1.165) is 16.5 Å². The highest BCUT2D eigenvalue weighted by molar-refractivity contribution is 5.89. The normalized spacial score (nSPS) is 11.0. The first kappa shape index (κ1) is 16.8. The standard InChI is InChI=1S/C19H20N2O4/c1-11-3-5-17-16(7-11)13(9-20-17)4-6-18(22)21-10-14-8-15(19(23)24)12(2)25-14/h3,5,7-9,20H,4,6,10H2,1-2H3,(H,21,22)(H,23,24). The molecule has 3 N–H and O–H groups in total. The number of H-pyrrole nitrogens is 1. The number of carboxylic acid groups (broad SMARTS) is 1. The molecule has 0 aliphatic carbocycles. The highest BCUT2D eigenvalue weighted by Gasteiger charge is 2.14. The van der Waals surface area contributed by atoms with Gasteiger partial charge in [0.15, 0.2) is 0 Å². The zero-order valence-corrected chi connectivity index (χ0v) is 14.2. The van der Waals surface area contributed by atoms with E-state index in [0.29, 0.717) is 24.4 Å². The summed E-state index contributed by atoms with van der Waals surface area (Å²) >= 11 is 0. The van der Waals surface area contributed by atoms with E-state index in [-0.39, 0.29) is 18.0 Å². The molecule has 0 saturated heterocycles.